The number of rotatable bonds is 5. The van der Waals surface area contributed by atoms with Gasteiger partial charge in [-0.25, -0.2) is 4.79 Å². The molecule has 0 bridgehead atoms. The van der Waals surface area contributed by atoms with Crippen molar-refractivity contribution >= 4 is 17.1 Å². The number of carbonyl (C=O) groups excluding carboxylic acids is 1. The summed E-state index contributed by atoms with van der Waals surface area (Å²) < 4.78 is 5.29. The monoisotopic (exact) mass is 232 g/mol. The minimum Gasteiger partial charge on any atom is -0.454 e. The van der Waals surface area contributed by atoms with Gasteiger partial charge in [0.1, 0.15) is 6.10 Å². The highest BCUT2D eigenvalue weighted by atomic mass is 32.2. The Labute approximate surface area is 98.2 Å². The first kappa shape index (κ1) is 14.8. The molecule has 3 heteroatoms. The second-order valence-electron chi connectivity index (χ2n) is 4.97. The van der Waals surface area contributed by atoms with E-state index in [-0.39, 0.29) is 11.4 Å². The van der Waals surface area contributed by atoms with Gasteiger partial charge >= 0.3 is 5.30 Å². The molecule has 15 heavy (non-hydrogen) atoms. The Morgan fingerprint density at radius 1 is 1.27 bits per heavy atom. The Morgan fingerprint density at radius 2 is 1.80 bits per heavy atom. The zero-order chi connectivity index (χ0) is 11.9. The molecule has 0 radical (unpaired) electrons. The Kier molecular flexibility index (Phi) is 7.07. The lowest BCUT2D eigenvalue weighted by Gasteiger charge is -2.17. The van der Waals surface area contributed by atoms with E-state index in [9.17, 15) is 4.79 Å². The molecule has 0 N–H and O–H groups in total. The molecule has 0 heterocycles. The van der Waals surface area contributed by atoms with E-state index >= 15 is 0 Å². The van der Waals surface area contributed by atoms with Crippen LogP contribution in [0.2, 0.25) is 0 Å². The van der Waals surface area contributed by atoms with Crippen LogP contribution in [0, 0.1) is 5.41 Å². The highest BCUT2D eigenvalue weighted by Gasteiger charge is 2.14. The van der Waals surface area contributed by atoms with Gasteiger partial charge in [0.05, 0.1) is 0 Å². The Morgan fingerprint density at radius 3 is 2.20 bits per heavy atom. The standard InChI is InChI=1S/C12H24O2S/c1-6-10(7-2)14-11(13)15-9-8-12(3,4)5/h10H,6-9H2,1-5H3. The average molecular weight is 232 g/mol. The summed E-state index contributed by atoms with van der Waals surface area (Å²) in [6.07, 6.45) is 2.94. The predicted molar refractivity (Wildman–Crippen MR) is 67.4 cm³/mol. The van der Waals surface area contributed by atoms with Gasteiger partial charge in [-0.2, -0.15) is 0 Å². The molecule has 2 nitrogen and oxygen atoms in total. The third-order valence-electron chi connectivity index (χ3n) is 2.25. The second kappa shape index (κ2) is 7.15. The molecule has 0 unspecified atom stereocenters. The van der Waals surface area contributed by atoms with E-state index in [2.05, 4.69) is 20.8 Å². The summed E-state index contributed by atoms with van der Waals surface area (Å²) in [5.74, 6) is 0.850. The van der Waals surface area contributed by atoms with Crippen LogP contribution in [0.3, 0.4) is 0 Å². The lowest BCUT2D eigenvalue weighted by Crippen LogP contribution is -2.14. The van der Waals surface area contributed by atoms with Crippen LogP contribution in [-0.4, -0.2) is 17.2 Å². The summed E-state index contributed by atoms with van der Waals surface area (Å²) in [6.45, 7) is 10.6. The number of ether oxygens (including phenoxy) is 1. The summed E-state index contributed by atoms with van der Waals surface area (Å²) in [7, 11) is 0. The first-order valence-corrected chi connectivity index (χ1v) is 6.71. The highest BCUT2D eigenvalue weighted by Crippen LogP contribution is 2.22. The van der Waals surface area contributed by atoms with Gasteiger partial charge in [-0.1, -0.05) is 34.6 Å². The third-order valence-corrected chi connectivity index (χ3v) is 2.99. The van der Waals surface area contributed by atoms with E-state index in [0.29, 0.717) is 5.41 Å². The minimum atomic E-state index is -0.118. The van der Waals surface area contributed by atoms with Crippen molar-refractivity contribution in [3.63, 3.8) is 0 Å². The van der Waals surface area contributed by atoms with Crippen molar-refractivity contribution < 1.29 is 9.53 Å². The molecule has 0 aromatic carbocycles. The van der Waals surface area contributed by atoms with E-state index < -0.39 is 0 Å². The summed E-state index contributed by atoms with van der Waals surface area (Å²) in [5.41, 5.74) is 0.294. The summed E-state index contributed by atoms with van der Waals surface area (Å²) in [6, 6.07) is 0. The summed E-state index contributed by atoms with van der Waals surface area (Å²) in [4.78, 5) is 11.4. The Hall–Kier alpha value is -0.180. The van der Waals surface area contributed by atoms with Crippen molar-refractivity contribution in [3.05, 3.63) is 0 Å². The van der Waals surface area contributed by atoms with Crippen LogP contribution in [0.5, 0.6) is 0 Å². The fraction of sp³-hybridized carbons (Fsp3) is 0.917. The van der Waals surface area contributed by atoms with Gasteiger partial charge in [0.2, 0.25) is 0 Å². The molecule has 0 fully saturated rings. The van der Waals surface area contributed by atoms with Gasteiger partial charge in [-0.3, -0.25) is 0 Å². The summed E-state index contributed by atoms with van der Waals surface area (Å²) >= 11 is 1.30. The normalized spacial score (nSPS) is 11.9. The quantitative estimate of drug-likeness (QED) is 0.654. The minimum absolute atomic E-state index is 0.0969. The van der Waals surface area contributed by atoms with Crippen LogP contribution in [0.4, 0.5) is 4.79 Å². The number of hydrogen-bond acceptors (Lipinski definition) is 3. The average Bonchev–Trinajstić information content (AvgIpc) is 2.12. The van der Waals surface area contributed by atoms with Gasteiger partial charge in [-0.05, 0) is 36.4 Å². The van der Waals surface area contributed by atoms with Crippen molar-refractivity contribution in [1.29, 1.82) is 0 Å². The molecule has 0 saturated heterocycles. The van der Waals surface area contributed by atoms with Crippen LogP contribution >= 0.6 is 11.8 Å². The Bertz CT molecular complexity index is 181. The van der Waals surface area contributed by atoms with Gasteiger partial charge in [0.15, 0.2) is 0 Å². The number of hydrogen-bond donors (Lipinski definition) is 0. The predicted octanol–water partition coefficient (Wildman–Crippen LogP) is 4.48. The summed E-state index contributed by atoms with van der Waals surface area (Å²) in [5, 5.41) is -0.118. The maximum atomic E-state index is 11.4. The molecule has 0 aliphatic carbocycles. The molecule has 0 amide bonds. The first-order valence-electron chi connectivity index (χ1n) is 5.72. The molecule has 0 aromatic rings. The maximum absolute atomic E-state index is 11.4. The number of carbonyl (C=O) groups is 1. The molecule has 0 aromatic heterocycles. The first-order chi connectivity index (χ1) is 6.89. The van der Waals surface area contributed by atoms with Crippen molar-refractivity contribution in [1.82, 2.24) is 0 Å². The van der Waals surface area contributed by atoms with Gasteiger partial charge in [0.25, 0.3) is 0 Å². The maximum Gasteiger partial charge on any atom is 0.367 e. The van der Waals surface area contributed by atoms with E-state index in [4.69, 9.17) is 4.74 Å². The lowest BCUT2D eigenvalue weighted by atomic mass is 9.94. The van der Waals surface area contributed by atoms with E-state index in [1.54, 1.807) is 0 Å². The molecular weight excluding hydrogens is 208 g/mol. The molecule has 0 aliphatic heterocycles. The molecule has 0 spiro atoms. The fourth-order valence-electron chi connectivity index (χ4n) is 1.07. The van der Waals surface area contributed by atoms with Crippen LogP contribution < -0.4 is 0 Å². The molecular formula is C12H24O2S. The zero-order valence-electron chi connectivity index (χ0n) is 10.6. The highest BCUT2D eigenvalue weighted by molar-refractivity contribution is 8.13. The van der Waals surface area contributed by atoms with E-state index in [1.165, 1.54) is 11.8 Å². The molecule has 0 atom stereocenters. The third kappa shape index (κ3) is 8.79. The van der Waals surface area contributed by atoms with Crippen LogP contribution in [0.1, 0.15) is 53.9 Å². The van der Waals surface area contributed by atoms with Crippen molar-refractivity contribution in [3.8, 4) is 0 Å². The Balaban J connectivity index is 3.66. The lowest BCUT2D eigenvalue weighted by molar-refractivity contribution is 0.117. The fourth-order valence-corrected chi connectivity index (χ4v) is 2.15. The van der Waals surface area contributed by atoms with Crippen LogP contribution in [0.15, 0.2) is 0 Å². The van der Waals surface area contributed by atoms with Crippen molar-refractivity contribution in [2.45, 2.75) is 60.0 Å². The van der Waals surface area contributed by atoms with Gasteiger partial charge in [-0.15, -0.1) is 0 Å². The molecule has 0 saturated carbocycles. The molecule has 90 valence electrons. The number of thioether (sulfide) groups is 1. The zero-order valence-corrected chi connectivity index (χ0v) is 11.4. The van der Waals surface area contributed by atoms with Gasteiger partial charge in [0, 0.05) is 5.75 Å². The van der Waals surface area contributed by atoms with Gasteiger partial charge < -0.3 is 4.74 Å². The van der Waals surface area contributed by atoms with Crippen molar-refractivity contribution in [2.24, 2.45) is 5.41 Å². The molecule has 0 aliphatic rings. The van der Waals surface area contributed by atoms with Crippen molar-refractivity contribution in [2.75, 3.05) is 5.75 Å². The topological polar surface area (TPSA) is 26.3 Å². The second-order valence-corrected chi connectivity index (χ2v) is 6.00. The SMILES string of the molecule is CCC(CC)OC(=O)SCCC(C)(C)C. The smallest absolute Gasteiger partial charge is 0.367 e. The van der Waals surface area contributed by atoms with Crippen LogP contribution in [-0.2, 0) is 4.74 Å². The van der Waals surface area contributed by atoms with Crippen LogP contribution in [0.25, 0.3) is 0 Å². The largest absolute Gasteiger partial charge is 0.454 e. The van der Waals surface area contributed by atoms with E-state index in [1.807, 2.05) is 13.8 Å². The van der Waals surface area contributed by atoms with E-state index in [0.717, 1.165) is 25.0 Å². The molecule has 0 rings (SSSR count).